The molecule has 0 aliphatic carbocycles. The topological polar surface area (TPSA) is 49.4 Å². The first kappa shape index (κ1) is 18.4. The molecule has 3 aromatic rings. The lowest BCUT2D eigenvalue weighted by atomic mass is 9.81. The van der Waals surface area contributed by atoms with E-state index in [1.165, 1.54) is 5.56 Å². The van der Waals surface area contributed by atoms with Crippen molar-refractivity contribution in [2.45, 2.75) is 25.3 Å². The normalized spacial score (nSPS) is 18.6. The van der Waals surface area contributed by atoms with Gasteiger partial charge in [0.05, 0.1) is 12.0 Å². The molecule has 0 bridgehead atoms. The van der Waals surface area contributed by atoms with E-state index in [-0.39, 0.29) is 17.9 Å². The minimum absolute atomic E-state index is 0.0506. The van der Waals surface area contributed by atoms with Crippen molar-refractivity contribution in [1.82, 2.24) is 4.90 Å². The number of nitrogens with zero attached hydrogens (tertiary/aromatic N) is 1. The Bertz CT molecular complexity index is 996. The molecule has 28 heavy (non-hydrogen) atoms. The number of thiophene rings is 1. The minimum Gasteiger partial charge on any atom is -0.333 e. The summed E-state index contributed by atoms with van der Waals surface area (Å²) in [7, 11) is 1.78. The number of likely N-dealkylation sites (N-methyl/N-ethyl adjacent to an activating group) is 1. The van der Waals surface area contributed by atoms with E-state index in [0.717, 1.165) is 22.5 Å². The van der Waals surface area contributed by atoms with E-state index in [0.29, 0.717) is 5.56 Å². The monoisotopic (exact) mass is 390 g/mol. The Morgan fingerprint density at radius 2 is 1.82 bits per heavy atom. The zero-order chi connectivity index (χ0) is 19.7. The van der Waals surface area contributed by atoms with Crippen LogP contribution in [-0.2, 0) is 11.2 Å². The quantitative estimate of drug-likeness (QED) is 0.692. The number of rotatable bonds is 4. The van der Waals surface area contributed by atoms with Gasteiger partial charge in [-0.2, -0.15) is 0 Å². The molecule has 0 fully saturated rings. The average Bonchev–Trinajstić information content (AvgIpc) is 3.25. The first-order valence-electron chi connectivity index (χ1n) is 9.39. The fourth-order valence-corrected chi connectivity index (χ4v) is 4.72. The minimum atomic E-state index is -0.469. The van der Waals surface area contributed by atoms with Gasteiger partial charge in [0.25, 0.3) is 5.91 Å². The number of hydrogen-bond acceptors (Lipinski definition) is 3. The molecule has 5 heteroatoms. The summed E-state index contributed by atoms with van der Waals surface area (Å²) in [6.07, 6.45) is 0.956. The van der Waals surface area contributed by atoms with Gasteiger partial charge in [0.15, 0.2) is 0 Å². The number of benzene rings is 2. The molecule has 2 amide bonds. The molecule has 1 aromatic heterocycles. The van der Waals surface area contributed by atoms with Gasteiger partial charge >= 0.3 is 0 Å². The fraction of sp³-hybridized carbons (Fsp3) is 0.217. The largest absolute Gasteiger partial charge is 0.333 e. The Morgan fingerprint density at radius 3 is 2.50 bits per heavy atom. The van der Waals surface area contributed by atoms with Gasteiger partial charge < -0.3 is 10.2 Å². The number of hydrogen-bond donors (Lipinski definition) is 1. The number of anilines is 1. The Hall–Kier alpha value is -2.92. The Morgan fingerprint density at radius 1 is 1.07 bits per heavy atom. The second-order valence-corrected chi connectivity index (χ2v) is 7.96. The number of carbonyl (C=O) groups is 2. The third-order valence-corrected chi connectivity index (χ3v) is 6.27. The molecule has 0 spiro atoms. The van der Waals surface area contributed by atoms with Crippen LogP contribution in [0.2, 0.25) is 0 Å². The SMILES string of the molecule is CCc1ccc(NC(=O)[C@@H]2c3ccccc3C(=O)N(C)[C@H]2c2cccs2)cc1. The molecule has 2 aromatic carbocycles. The summed E-state index contributed by atoms with van der Waals surface area (Å²) < 4.78 is 0. The summed E-state index contributed by atoms with van der Waals surface area (Å²) in [4.78, 5) is 29.0. The van der Waals surface area contributed by atoms with Crippen LogP contribution in [0, 0.1) is 0 Å². The summed E-state index contributed by atoms with van der Waals surface area (Å²) in [6, 6.07) is 19.0. The number of carbonyl (C=O) groups excluding carboxylic acids is 2. The van der Waals surface area contributed by atoms with Crippen LogP contribution in [0.15, 0.2) is 66.0 Å². The molecule has 142 valence electrons. The summed E-state index contributed by atoms with van der Waals surface area (Å²) in [6.45, 7) is 2.10. The lowest BCUT2D eigenvalue weighted by Crippen LogP contribution is -2.43. The van der Waals surface area contributed by atoms with Gasteiger partial charge in [-0.1, -0.05) is 43.3 Å². The molecule has 4 nitrogen and oxygen atoms in total. The van der Waals surface area contributed by atoms with Gasteiger partial charge in [0.1, 0.15) is 0 Å². The lowest BCUT2D eigenvalue weighted by Gasteiger charge is -2.39. The fourth-order valence-electron chi connectivity index (χ4n) is 3.82. The predicted octanol–water partition coefficient (Wildman–Crippen LogP) is 4.86. The van der Waals surface area contributed by atoms with Crippen LogP contribution in [-0.4, -0.2) is 23.8 Å². The van der Waals surface area contributed by atoms with Crippen LogP contribution in [0.5, 0.6) is 0 Å². The van der Waals surface area contributed by atoms with Crippen LogP contribution < -0.4 is 5.32 Å². The number of nitrogens with one attached hydrogen (secondary N) is 1. The molecule has 1 aliphatic heterocycles. The van der Waals surface area contributed by atoms with Crippen molar-refractivity contribution in [1.29, 1.82) is 0 Å². The predicted molar refractivity (Wildman–Crippen MR) is 113 cm³/mol. The van der Waals surface area contributed by atoms with Crippen LogP contribution in [0.25, 0.3) is 0 Å². The lowest BCUT2D eigenvalue weighted by molar-refractivity contribution is -0.119. The van der Waals surface area contributed by atoms with Crippen molar-refractivity contribution in [3.8, 4) is 0 Å². The summed E-state index contributed by atoms with van der Waals surface area (Å²) in [5, 5.41) is 5.04. The van der Waals surface area contributed by atoms with E-state index < -0.39 is 5.92 Å². The van der Waals surface area contributed by atoms with Crippen LogP contribution in [0.4, 0.5) is 5.69 Å². The first-order chi connectivity index (χ1) is 13.6. The molecule has 1 aliphatic rings. The molecule has 0 saturated heterocycles. The third kappa shape index (κ3) is 3.22. The van der Waals surface area contributed by atoms with E-state index in [9.17, 15) is 9.59 Å². The highest BCUT2D eigenvalue weighted by molar-refractivity contribution is 7.10. The highest BCUT2D eigenvalue weighted by Gasteiger charge is 2.43. The van der Waals surface area contributed by atoms with Gasteiger partial charge in [-0.15, -0.1) is 11.3 Å². The summed E-state index contributed by atoms with van der Waals surface area (Å²) in [5.41, 5.74) is 3.37. The molecular formula is C23H22N2O2S. The first-order valence-corrected chi connectivity index (χ1v) is 10.3. The standard InChI is InChI=1S/C23H22N2O2S/c1-3-15-10-12-16(13-11-15)24-22(26)20-17-7-4-5-8-18(17)23(27)25(2)21(20)19-9-6-14-28-19/h4-14,20-21H,3H2,1-2H3,(H,24,26)/t20-,21+/m1/s1. The Balaban J connectivity index is 1.74. The molecule has 2 atom stereocenters. The van der Waals surface area contributed by atoms with E-state index >= 15 is 0 Å². The molecule has 0 unspecified atom stereocenters. The maximum atomic E-state index is 13.4. The van der Waals surface area contributed by atoms with Crippen molar-refractivity contribution < 1.29 is 9.59 Å². The average molecular weight is 391 g/mol. The summed E-state index contributed by atoms with van der Waals surface area (Å²) in [5.74, 6) is -0.622. The molecule has 1 N–H and O–H groups in total. The number of fused-ring (bicyclic) bond motifs is 1. The highest BCUT2D eigenvalue weighted by atomic mass is 32.1. The van der Waals surface area contributed by atoms with Crippen LogP contribution in [0.3, 0.4) is 0 Å². The van der Waals surface area contributed by atoms with Crippen molar-refractivity contribution in [2.24, 2.45) is 0 Å². The van der Waals surface area contributed by atoms with Gasteiger partial charge in [-0.05, 0) is 47.2 Å². The number of aryl methyl sites for hydroxylation is 1. The van der Waals surface area contributed by atoms with Crippen molar-refractivity contribution in [2.75, 3.05) is 12.4 Å². The maximum Gasteiger partial charge on any atom is 0.254 e. The van der Waals surface area contributed by atoms with Gasteiger partial charge in [-0.3, -0.25) is 9.59 Å². The van der Waals surface area contributed by atoms with Crippen LogP contribution in [0.1, 0.15) is 45.2 Å². The van der Waals surface area contributed by atoms with E-state index in [2.05, 4.69) is 12.2 Å². The molecule has 4 rings (SSSR count). The van der Waals surface area contributed by atoms with Gasteiger partial charge in [-0.25, -0.2) is 0 Å². The molecule has 0 radical (unpaired) electrons. The second-order valence-electron chi connectivity index (χ2n) is 6.98. The number of amides is 2. The van der Waals surface area contributed by atoms with Gasteiger partial charge in [0, 0.05) is 23.2 Å². The molecule has 0 saturated carbocycles. The maximum absolute atomic E-state index is 13.4. The van der Waals surface area contributed by atoms with E-state index in [1.54, 1.807) is 29.4 Å². The highest BCUT2D eigenvalue weighted by Crippen LogP contribution is 2.43. The zero-order valence-corrected chi connectivity index (χ0v) is 16.7. The van der Waals surface area contributed by atoms with Gasteiger partial charge in [0.2, 0.25) is 5.91 Å². The molecule has 2 heterocycles. The van der Waals surface area contributed by atoms with Crippen LogP contribution >= 0.6 is 11.3 Å². The summed E-state index contributed by atoms with van der Waals surface area (Å²) >= 11 is 1.57. The Kier molecular flexibility index (Phi) is 5.01. The van der Waals surface area contributed by atoms with Crippen molar-refractivity contribution in [3.05, 3.63) is 87.6 Å². The van der Waals surface area contributed by atoms with Crippen molar-refractivity contribution >= 4 is 28.8 Å². The zero-order valence-electron chi connectivity index (χ0n) is 15.9. The second kappa shape index (κ2) is 7.60. The molecular weight excluding hydrogens is 368 g/mol. The van der Waals surface area contributed by atoms with E-state index in [4.69, 9.17) is 0 Å². The third-order valence-electron chi connectivity index (χ3n) is 5.33. The Labute approximate surface area is 168 Å². The smallest absolute Gasteiger partial charge is 0.254 e. The van der Waals surface area contributed by atoms with Crippen molar-refractivity contribution in [3.63, 3.8) is 0 Å². The van der Waals surface area contributed by atoms with E-state index in [1.807, 2.05) is 60.0 Å².